The molecule has 0 aliphatic carbocycles. The number of aryl methyl sites for hydroxylation is 1. The fraction of sp³-hybridized carbons (Fsp3) is 0.333. The second-order valence-electron chi connectivity index (χ2n) is 5.69. The SMILES string of the molecule is Cc1cccc(N2CCN(c3cccc(C#N)n3)CC2)c1C. The van der Waals surface area contributed by atoms with E-state index in [0.717, 1.165) is 32.0 Å². The van der Waals surface area contributed by atoms with Crippen molar-refractivity contribution in [3.63, 3.8) is 0 Å². The van der Waals surface area contributed by atoms with Crippen molar-refractivity contribution in [2.24, 2.45) is 0 Å². The Kier molecular flexibility index (Phi) is 3.97. The predicted molar refractivity (Wildman–Crippen MR) is 89.3 cm³/mol. The summed E-state index contributed by atoms with van der Waals surface area (Å²) in [6.45, 7) is 8.15. The summed E-state index contributed by atoms with van der Waals surface area (Å²) in [7, 11) is 0. The molecule has 22 heavy (non-hydrogen) atoms. The number of nitriles is 1. The Labute approximate surface area is 131 Å². The van der Waals surface area contributed by atoms with E-state index in [1.165, 1.54) is 16.8 Å². The fourth-order valence-corrected chi connectivity index (χ4v) is 2.92. The highest BCUT2D eigenvalue weighted by molar-refractivity contribution is 5.57. The summed E-state index contributed by atoms with van der Waals surface area (Å²) >= 11 is 0. The number of piperazine rings is 1. The quantitative estimate of drug-likeness (QED) is 0.853. The van der Waals surface area contributed by atoms with Crippen molar-refractivity contribution in [3.8, 4) is 6.07 Å². The third-order valence-corrected chi connectivity index (χ3v) is 4.37. The normalized spacial score (nSPS) is 14.8. The second kappa shape index (κ2) is 6.07. The van der Waals surface area contributed by atoms with Gasteiger partial charge in [0.15, 0.2) is 0 Å². The molecule has 3 rings (SSSR count). The van der Waals surface area contributed by atoms with E-state index in [9.17, 15) is 0 Å². The van der Waals surface area contributed by atoms with Gasteiger partial charge in [0, 0.05) is 31.9 Å². The number of pyridine rings is 1. The molecule has 1 aromatic heterocycles. The molecule has 1 aromatic carbocycles. The summed E-state index contributed by atoms with van der Waals surface area (Å²) in [5.41, 5.74) is 4.51. The van der Waals surface area contributed by atoms with Crippen molar-refractivity contribution in [1.29, 1.82) is 5.26 Å². The molecular weight excluding hydrogens is 272 g/mol. The van der Waals surface area contributed by atoms with E-state index in [-0.39, 0.29) is 0 Å². The highest BCUT2D eigenvalue weighted by atomic mass is 15.3. The Morgan fingerprint density at radius 3 is 2.36 bits per heavy atom. The second-order valence-corrected chi connectivity index (χ2v) is 5.69. The van der Waals surface area contributed by atoms with E-state index < -0.39 is 0 Å². The molecule has 0 amide bonds. The zero-order chi connectivity index (χ0) is 15.5. The number of rotatable bonds is 2. The predicted octanol–water partition coefficient (Wildman–Crippen LogP) is 2.90. The fourth-order valence-electron chi connectivity index (χ4n) is 2.92. The number of hydrogen-bond acceptors (Lipinski definition) is 4. The van der Waals surface area contributed by atoms with Crippen molar-refractivity contribution >= 4 is 11.5 Å². The standard InChI is InChI=1S/C18H20N4/c1-14-5-3-7-17(15(14)2)21-9-11-22(12-10-21)18-8-4-6-16(13-19)20-18/h3-8H,9-12H2,1-2H3. The molecule has 1 aliphatic rings. The van der Waals surface area contributed by atoms with Crippen molar-refractivity contribution in [3.05, 3.63) is 53.2 Å². The van der Waals surface area contributed by atoms with E-state index >= 15 is 0 Å². The molecule has 0 saturated carbocycles. The van der Waals surface area contributed by atoms with Crippen molar-refractivity contribution in [2.75, 3.05) is 36.0 Å². The third-order valence-electron chi connectivity index (χ3n) is 4.37. The summed E-state index contributed by atoms with van der Waals surface area (Å²) < 4.78 is 0. The topological polar surface area (TPSA) is 43.2 Å². The lowest BCUT2D eigenvalue weighted by Crippen LogP contribution is -2.47. The van der Waals surface area contributed by atoms with Gasteiger partial charge in [-0.3, -0.25) is 0 Å². The van der Waals surface area contributed by atoms with Crippen LogP contribution in [-0.2, 0) is 0 Å². The first-order chi connectivity index (χ1) is 10.7. The Morgan fingerprint density at radius 1 is 0.955 bits per heavy atom. The van der Waals surface area contributed by atoms with Crippen LogP contribution in [0.5, 0.6) is 0 Å². The Hall–Kier alpha value is -2.54. The molecule has 0 atom stereocenters. The maximum Gasteiger partial charge on any atom is 0.142 e. The van der Waals surface area contributed by atoms with Gasteiger partial charge in [-0.1, -0.05) is 18.2 Å². The van der Waals surface area contributed by atoms with Crippen LogP contribution in [-0.4, -0.2) is 31.2 Å². The summed E-state index contributed by atoms with van der Waals surface area (Å²) in [6, 6.07) is 14.2. The molecule has 1 aliphatic heterocycles. The third kappa shape index (κ3) is 2.75. The van der Waals surface area contributed by atoms with Gasteiger partial charge in [-0.2, -0.15) is 5.26 Å². The Bertz CT molecular complexity index is 709. The number of benzene rings is 1. The largest absolute Gasteiger partial charge is 0.368 e. The van der Waals surface area contributed by atoms with E-state index in [1.54, 1.807) is 6.07 Å². The first-order valence-electron chi connectivity index (χ1n) is 7.62. The number of aromatic nitrogens is 1. The zero-order valence-corrected chi connectivity index (χ0v) is 13.1. The van der Waals surface area contributed by atoms with Gasteiger partial charge in [0.2, 0.25) is 0 Å². The lowest BCUT2D eigenvalue weighted by molar-refractivity contribution is 0.646. The summed E-state index contributed by atoms with van der Waals surface area (Å²) in [4.78, 5) is 9.08. The van der Waals surface area contributed by atoms with E-state index in [1.807, 2.05) is 12.1 Å². The molecule has 4 heteroatoms. The molecule has 0 radical (unpaired) electrons. The van der Waals surface area contributed by atoms with Crippen LogP contribution < -0.4 is 9.80 Å². The molecular formula is C18H20N4. The molecule has 1 saturated heterocycles. The minimum atomic E-state index is 0.481. The molecule has 4 nitrogen and oxygen atoms in total. The summed E-state index contributed by atoms with van der Waals surface area (Å²) in [5.74, 6) is 0.902. The minimum Gasteiger partial charge on any atom is -0.368 e. The lowest BCUT2D eigenvalue weighted by Gasteiger charge is -2.37. The highest BCUT2D eigenvalue weighted by Crippen LogP contribution is 2.24. The van der Waals surface area contributed by atoms with E-state index in [4.69, 9.17) is 5.26 Å². The van der Waals surface area contributed by atoms with Crippen LogP contribution in [0.2, 0.25) is 0 Å². The van der Waals surface area contributed by atoms with E-state index in [2.05, 4.69) is 52.9 Å². The monoisotopic (exact) mass is 292 g/mol. The molecule has 0 unspecified atom stereocenters. The Balaban J connectivity index is 1.72. The molecule has 2 heterocycles. The first kappa shape index (κ1) is 14.4. The van der Waals surface area contributed by atoms with Crippen LogP contribution in [0.1, 0.15) is 16.8 Å². The highest BCUT2D eigenvalue weighted by Gasteiger charge is 2.19. The molecule has 0 spiro atoms. The van der Waals surface area contributed by atoms with Gasteiger partial charge in [0.25, 0.3) is 0 Å². The van der Waals surface area contributed by atoms with Crippen LogP contribution in [0.15, 0.2) is 36.4 Å². The Morgan fingerprint density at radius 2 is 1.64 bits per heavy atom. The number of anilines is 2. The zero-order valence-electron chi connectivity index (χ0n) is 13.1. The lowest BCUT2D eigenvalue weighted by atomic mass is 10.1. The average Bonchev–Trinajstić information content (AvgIpc) is 2.58. The molecule has 0 bridgehead atoms. The molecule has 2 aromatic rings. The molecule has 1 fully saturated rings. The van der Waals surface area contributed by atoms with Gasteiger partial charge >= 0.3 is 0 Å². The smallest absolute Gasteiger partial charge is 0.142 e. The van der Waals surface area contributed by atoms with Crippen molar-refractivity contribution in [2.45, 2.75) is 13.8 Å². The average molecular weight is 292 g/mol. The van der Waals surface area contributed by atoms with E-state index in [0.29, 0.717) is 5.69 Å². The van der Waals surface area contributed by atoms with Crippen LogP contribution >= 0.6 is 0 Å². The van der Waals surface area contributed by atoms with Crippen molar-refractivity contribution in [1.82, 2.24) is 4.98 Å². The summed E-state index contributed by atoms with van der Waals surface area (Å²) in [5, 5.41) is 8.97. The van der Waals surface area contributed by atoms with Gasteiger partial charge in [-0.05, 0) is 43.2 Å². The van der Waals surface area contributed by atoms with Gasteiger partial charge in [-0.15, -0.1) is 0 Å². The van der Waals surface area contributed by atoms with Crippen LogP contribution in [0, 0.1) is 25.2 Å². The van der Waals surface area contributed by atoms with Gasteiger partial charge < -0.3 is 9.80 Å². The van der Waals surface area contributed by atoms with Crippen LogP contribution in [0.25, 0.3) is 0 Å². The molecule has 112 valence electrons. The van der Waals surface area contributed by atoms with Crippen LogP contribution in [0.3, 0.4) is 0 Å². The first-order valence-corrected chi connectivity index (χ1v) is 7.62. The summed E-state index contributed by atoms with van der Waals surface area (Å²) in [6.07, 6.45) is 0. The minimum absolute atomic E-state index is 0.481. The molecule has 0 N–H and O–H groups in total. The van der Waals surface area contributed by atoms with Gasteiger partial charge in [0.1, 0.15) is 17.6 Å². The van der Waals surface area contributed by atoms with Gasteiger partial charge in [-0.25, -0.2) is 4.98 Å². The van der Waals surface area contributed by atoms with Gasteiger partial charge in [0.05, 0.1) is 0 Å². The van der Waals surface area contributed by atoms with Crippen molar-refractivity contribution < 1.29 is 0 Å². The maximum absolute atomic E-state index is 8.97. The number of nitrogens with zero attached hydrogens (tertiary/aromatic N) is 4. The number of hydrogen-bond donors (Lipinski definition) is 0. The maximum atomic E-state index is 8.97. The van der Waals surface area contributed by atoms with Crippen LogP contribution in [0.4, 0.5) is 11.5 Å².